The van der Waals surface area contributed by atoms with Crippen molar-refractivity contribution in [2.75, 3.05) is 5.32 Å². The van der Waals surface area contributed by atoms with Crippen LogP contribution in [0.1, 0.15) is 23.4 Å². The van der Waals surface area contributed by atoms with E-state index in [-0.39, 0.29) is 16.5 Å². The number of aryl methyl sites for hydroxylation is 1. The van der Waals surface area contributed by atoms with Crippen LogP contribution in [0.3, 0.4) is 0 Å². The molecule has 0 saturated heterocycles. The number of hydrogen-bond acceptors (Lipinski definition) is 3. The molecule has 1 aromatic carbocycles. The number of benzene rings is 1. The molecule has 1 aromatic heterocycles. The molecule has 0 spiro atoms. The third-order valence-corrected chi connectivity index (χ3v) is 2.61. The van der Waals surface area contributed by atoms with Gasteiger partial charge in [-0.2, -0.15) is 0 Å². The van der Waals surface area contributed by atoms with E-state index < -0.39 is 17.5 Å². The minimum absolute atomic E-state index is 0.142. The highest BCUT2D eigenvalue weighted by molar-refractivity contribution is 6.33. The quantitative estimate of drug-likeness (QED) is 0.911. The van der Waals surface area contributed by atoms with Gasteiger partial charge >= 0.3 is 0 Å². The maximum Gasteiger partial charge on any atom is 0.295 e. The highest BCUT2D eigenvalue weighted by Gasteiger charge is 2.17. The minimum Gasteiger partial charge on any atom is -0.315 e. The summed E-state index contributed by atoms with van der Waals surface area (Å²) in [5, 5.41) is 8.19. The first-order valence-corrected chi connectivity index (χ1v) is 5.76. The van der Waals surface area contributed by atoms with Crippen LogP contribution in [-0.4, -0.2) is 21.1 Å². The molecule has 100 valence electrons. The van der Waals surface area contributed by atoms with Crippen LogP contribution in [0.5, 0.6) is 0 Å². The summed E-state index contributed by atoms with van der Waals surface area (Å²) < 4.78 is 26.3. The average molecular weight is 287 g/mol. The number of anilines is 1. The van der Waals surface area contributed by atoms with Gasteiger partial charge in [-0.25, -0.2) is 13.8 Å². The van der Waals surface area contributed by atoms with Crippen molar-refractivity contribution < 1.29 is 13.6 Å². The largest absolute Gasteiger partial charge is 0.315 e. The van der Waals surface area contributed by atoms with Gasteiger partial charge in [-0.3, -0.25) is 9.89 Å². The normalized spacial score (nSPS) is 10.5. The van der Waals surface area contributed by atoms with E-state index >= 15 is 0 Å². The van der Waals surface area contributed by atoms with Crippen LogP contribution in [0.15, 0.2) is 12.1 Å². The summed E-state index contributed by atoms with van der Waals surface area (Å²) >= 11 is 5.66. The van der Waals surface area contributed by atoms with Gasteiger partial charge < -0.3 is 5.32 Å². The van der Waals surface area contributed by atoms with Crippen LogP contribution in [0.2, 0.25) is 5.02 Å². The predicted octanol–water partition coefficient (Wildman–Crippen LogP) is 2.55. The van der Waals surface area contributed by atoms with Gasteiger partial charge in [0.05, 0.1) is 10.7 Å². The molecule has 19 heavy (non-hydrogen) atoms. The van der Waals surface area contributed by atoms with E-state index in [1.807, 2.05) is 6.92 Å². The monoisotopic (exact) mass is 286 g/mol. The Hall–Kier alpha value is -2.02. The number of amides is 1. The number of rotatable bonds is 3. The Kier molecular flexibility index (Phi) is 3.75. The lowest BCUT2D eigenvalue weighted by atomic mass is 10.3. The highest BCUT2D eigenvalue weighted by Crippen LogP contribution is 2.26. The summed E-state index contributed by atoms with van der Waals surface area (Å²) in [6.07, 6.45) is 0.575. The first kappa shape index (κ1) is 13.4. The molecule has 0 unspecified atom stereocenters. The molecule has 0 fully saturated rings. The van der Waals surface area contributed by atoms with Crippen LogP contribution >= 0.6 is 11.6 Å². The summed E-state index contributed by atoms with van der Waals surface area (Å²) in [7, 11) is 0. The van der Waals surface area contributed by atoms with Crippen molar-refractivity contribution in [3.8, 4) is 0 Å². The molecule has 0 aliphatic heterocycles. The Labute approximate surface area is 112 Å². The zero-order chi connectivity index (χ0) is 14.0. The van der Waals surface area contributed by atoms with Crippen molar-refractivity contribution in [1.29, 1.82) is 0 Å². The molecule has 0 bridgehead atoms. The predicted molar refractivity (Wildman–Crippen MR) is 65.1 cm³/mol. The lowest BCUT2D eigenvalue weighted by molar-refractivity contribution is 0.101. The lowest BCUT2D eigenvalue weighted by Gasteiger charge is -2.06. The molecule has 2 N–H and O–H groups in total. The summed E-state index contributed by atoms with van der Waals surface area (Å²) in [5.74, 6) is -2.15. The molecule has 0 aliphatic carbocycles. The van der Waals surface area contributed by atoms with Gasteiger partial charge in [-0.05, 0) is 6.07 Å². The smallest absolute Gasteiger partial charge is 0.295 e. The molecule has 2 rings (SSSR count). The van der Waals surface area contributed by atoms with Crippen LogP contribution in [0.4, 0.5) is 14.5 Å². The SMILES string of the molecule is CCc1nc(C(=O)Nc2c(F)cc(F)cc2Cl)n[nH]1. The van der Waals surface area contributed by atoms with E-state index in [1.54, 1.807) is 0 Å². The Morgan fingerprint density at radius 3 is 2.79 bits per heavy atom. The van der Waals surface area contributed by atoms with Crippen LogP contribution in [0.25, 0.3) is 0 Å². The van der Waals surface area contributed by atoms with Gasteiger partial charge in [0.25, 0.3) is 5.91 Å². The number of nitrogens with one attached hydrogen (secondary N) is 2. The second-order valence-corrected chi connectivity index (χ2v) is 4.07. The highest BCUT2D eigenvalue weighted by atomic mass is 35.5. The Morgan fingerprint density at radius 2 is 2.21 bits per heavy atom. The molecule has 5 nitrogen and oxygen atoms in total. The van der Waals surface area contributed by atoms with E-state index in [0.29, 0.717) is 18.3 Å². The lowest BCUT2D eigenvalue weighted by Crippen LogP contribution is -2.15. The van der Waals surface area contributed by atoms with Gasteiger partial charge in [0.15, 0.2) is 5.82 Å². The van der Waals surface area contributed by atoms with Crippen LogP contribution in [0, 0.1) is 11.6 Å². The average Bonchev–Trinajstić information content (AvgIpc) is 2.82. The summed E-state index contributed by atoms with van der Waals surface area (Å²) in [5.41, 5.74) is -0.309. The molecule has 0 atom stereocenters. The molecule has 1 amide bonds. The van der Waals surface area contributed by atoms with E-state index in [4.69, 9.17) is 11.6 Å². The number of hydrogen-bond donors (Lipinski definition) is 2. The first-order chi connectivity index (χ1) is 9.01. The summed E-state index contributed by atoms with van der Waals surface area (Å²) in [6, 6.07) is 1.52. The topological polar surface area (TPSA) is 70.7 Å². The fourth-order valence-corrected chi connectivity index (χ4v) is 1.63. The number of carbonyl (C=O) groups is 1. The van der Waals surface area contributed by atoms with Crippen molar-refractivity contribution in [3.05, 3.63) is 40.4 Å². The van der Waals surface area contributed by atoms with Crippen LogP contribution < -0.4 is 5.32 Å². The van der Waals surface area contributed by atoms with Crippen molar-refractivity contribution >= 4 is 23.2 Å². The van der Waals surface area contributed by atoms with Crippen molar-refractivity contribution in [3.63, 3.8) is 0 Å². The van der Waals surface area contributed by atoms with Crippen LogP contribution in [-0.2, 0) is 6.42 Å². The molecule has 0 saturated carbocycles. The Morgan fingerprint density at radius 1 is 1.47 bits per heavy atom. The number of halogens is 3. The van der Waals surface area contributed by atoms with Crippen molar-refractivity contribution in [2.24, 2.45) is 0 Å². The number of H-pyrrole nitrogens is 1. The maximum atomic E-state index is 13.5. The molecular formula is C11H9ClF2N4O. The second-order valence-electron chi connectivity index (χ2n) is 3.66. The maximum absolute atomic E-state index is 13.5. The van der Waals surface area contributed by atoms with Gasteiger partial charge in [-0.1, -0.05) is 18.5 Å². The third-order valence-electron chi connectivity index (χ3n) is 2.32. The summed E-state index contributed by atoms with van der Waals surface area (Å²) in [6.45, 7) is 1.83. The second kappa shape index (κ2) is 5.31. The Balaban J connectivity index is 2.24. The summed E-state index contributed by atoms with van der Waals surface area (Å²) in [4.78, 5) is 15.6. The zero-order valence-corrected chi connectivity index (χ0v) is 10.6. The minimum atomic E-state index is -0.968. The fourth-order valence-electron chi connectivity index (χ4n) is 1.39. The van der Waals surface area contributed by atoms with E-state index in [2.05, 4.69) is 20.5 Å². The van der Waals surface area contributed by atoms with E-state index in [0.717, 1.165) is 6.07 Å². The molecule has 1 heterocycles. The van der Waals surface area contributed by atoms with Crippen molar-refractivity contribution in [1.82, 2.24) is 15.2 Å². The van der Waals surface area contributed by atoms with Gasteiger partial charge in [-0.15, -0.1) is 5.10 Å². The van der Waals surface area contributed by atoms with E-state index in [9.17, 15) is 13.6 Å². The Bertz CT molecular complexity index is 606. The zero-order valence-electron chi connectivity index (χ0n) is 9.80. The molecule has 2 aromatic rings. The standard InChI is InChI=1S/C11H9ClF2N4O/c1-2-8-15-10(18-17-8)11(19)16-9-6(12)3-5(13)4-7(9)14/h3-4H,2H2,1H3,(H,16,19)(H,15,17,18). The van der Waals surface area contributed by atoms with Gasteiger partial charge in [0.1, 0.15) is 11.6 Å². The fraction of sp³-hybridized carbons (Fsp3) is 0.182. The number of aromatic amines is 1. The van der Waals surface area contributed by atoms with E-state index in [1.165, 1.54) is 0 Å². The number of nitrogens with zero attached hydrogens (tertiary/aromatic N) is 2. The first-order valence-electron chi connectivity index (χ1n) is 5.38. The molecular weight excluding hydrogens is 278 g/mol. The number of carbonyl (C=O) groups excluding carboxylic acids is 1. The molecule has 0 aliphatic rings. The third kappa shape index (κ3) is 2.87. The van der Waals surface area contributed by atoms with Gasteiger partial charge in [0, 0.05) is 12.5 Å². The molecule has 0 radical (unpaired) electrons. The van der Waals surface area contributed by atoms with Crippen molar-refractivity contribution in [2.45, 2.75) is 13.3 Å². The molecule has 8 heteroatoms. The van der Waals surface area contributed by atoms with Gasteiger partial charge in [0.2, 0.25) is 5.82 Å². The number of aromatic nitrogens is 3.